The molecule has 1 heterocycles. The van der Waals surface area contributed by atoms with Crippen molar-refractivity contribution in [1.82, 2.24) is 25.3 Å². The van der Waals surface area contributed by atoms with Crippen molar-refractivity contribution in [3.8, 4) is 0 Å². The summed E-state index contributed by atoms with van der Waals surface area (Å²) >= 11 is 0. The molecule has 0 aliphatic heterocycles. The zero-order valence-corrected chi connectivity index (χ0v) is 6.85. The zero-order valence-electron chi connectivity index (χ0n) is 6.85. The van der Waals surface area contributed by atoms with Crippen molar-refractivity contribution in [1.29, 1.82) is 0 Å². The van der Waals surface area contributed by atoms with Crippen LogP contribution in [0.15, 0.2) is 0 Å². The molecule has 0 saturated heterocycles. The van der Waals surface area contributed by atoms with E-state index in [2.05, 4.69) is 15.5 Å². The van der Waals surface area contributed by atoms with Crippen molar-refractivity contribution in [2.75, 3.05) is 14.2 Å². The molecule has 6 nitrogen and oxygen atoms in total. The fourth-order valence-electron chi connectivity index (χ4n) is 0.646. The smallest absolute Gasteiger partial charge is 0.167 e. The summed E-state index contributed by atoms with van der Waals surface area (Å²) in [5.74, 6) is 0.773. The van der Waals surface area contributed by atoms with Crippen molar-refractivity contribution in [3.63, 3.8) is 0 Å². The lowest BCUT2D eigenvalue weighted by molar-refractivity contribution is -0.118. The molecule has 0 unspecified atom stereocenters. The van der Waals surface area contributed by atoms with Crippen molar-refractivity contribution >= 4 is 0 Å². The predicted molar refractivity (Wildman–Crippen MR) is 37.3 cm³/mol. The Labute approximate surface area is 64.7 Å². The molecule has 11 heavy (non-hydrogen) atoms. The van der Waals surface area contributed by atoms with Gasteiger partial charge in [-0.1, -0.05) is 0 Å². The van der Waals surface area contributed by atoms with Crippen molar-refractivity contribution in [2.24, 2.45) is 7.05 Å². The van der Waals surface area contributed by atoms with E-state index in [0.717, 1.165) is 5.82 Å². The van der Waals surface area contributed by atoms with Crippen LogP contribution in [0.25, 0.3) is 0 Å². The van der Waals surface area contributed by atoms with E-state index in [0.29, 0.717) is 6.54 Å². The second-order valence-corrected chi connectivity index (χ2v) is 2.19. The quantitative estimate of drug-likeness (QED) is 0.538. The van der Waals surface area contributed by atoms with E-state index >= 15 is 0 Å². The molecule has 0 N–H and O–H groups in total. The van der Waals surface area contributed by atoms with Gasteiger partial charge < -0.3 is 4.84 Å². The molecule has 0 amide bonds. The van der Waals surface area contributed by atoms with Gasteiger partial charge in [0, 0.05) is 14.1 Å². The van der Waals surface area contributed by atoms with Crippen LogP contribution in [-0.4, -0.2) is 39.4 Å². The molecule has 0 fully saturated rings. The maximum atomic E-state index is 4.90. The van der Waals surface area contributed by atoms with Crippen LogP contribution in [0.2, 0.25) is 0 Å². The van der Waals surface area contributed by atoms with Crippen LogP contribution < -0.4 is 0 Å². The Kier molecular flexibility index (Phi) is 2.50. The predicted octanol–water partition coefficient (Wildman–Crippen LogP) is -0.797. The molecule has 0 saturated carbocycles. The summed E-state index contributed by atoms with van der Waals surface area (Å²) in [4.78, 5) is 4.90. The Morgan fingerprint density at radius 1 is 1.64 bits per heavy atom. The normalized spacial score (nSPS) is 10.9. The van der Waals surface area contributed by atoms with Gasteiger partial charge in [-0.2, -0.15) is 5.06 Å². The molecule has 62 valence electrons. The highest BCUT2D eigenvalue weighted by Gasteiger charge is 2.04. The van der Waals surface area contributed by atoms with Crippen LogP contribution in [0.3, 0.4) is 0 Å². The fraction of sp³-hybridized carbons (Fsp3) is 0.800. The largest absolute Gasteiger partial charge is 0.302 e. The Hall–Kier alpha value is -1.01. The number of rotatable bonds is 3. The molecule has 0 spiro atoms. The molecule has 1 rings (SSSR count). The van der Waals surface area contributed by atoms with E-state index in [4.69, 9.17) is 4.84 Å². The molecule has 0 radical (unpaired) electrons. The highest BCUT2D eigenvalue weighted by molar-refractivity contribution is 4.76. The first kappa shape index (κ1) is 8.09. The monoisotopic (exact) mass is 157 g/mol. The number of hydrogen-bond acceptors (Lipinski definition) is 5. The fourth-order valence-corrected chi connectivity index (χ4v) is 0.646. The van der Waals surface area contributed by atoms with E-state index in [1.54, 1.807) is 23.9 Å². The van der Waals surface area contributed by atoms with Gasteiger partial charge in [-0.25, -0.2) is 4.68 Å². The van der Waals surface area contributed by atoms with Crippen LogP contribution >= 0.6 is 0 Å². The third-order valence-electron chi connectivity index (χ3n) is 1.38. The number of nitrogens with zero attached hydrogens (tertiary/aromatic N) is 5. The summed E-state index contributed by atoms with van der Waals surface area (Å²) in [6.07, 6.45) is 0. The SMILES string of the molecule is CON(C)Cc1nnnn1C. The summed E-state index contributed by atoms with van der Waals surface area (Å²) < 4.78 is 1.61. The minimum Gasteiger partial charge on any atom is -0.302 e. The second kappa shape index (κ2) is 3.40. The maximum Gasteiger partial charge on any atom is 0.167 e. The van der Waals surface area contributed by atoms with Crippen molar-refractivity contribution in [3.05, 3.63) is 5.82 Å². The maximum absolute atomic E-state index is 4.90. The van der Waals surface area contributed by atoms with Gasteiger partial charge in [-0.05, 0) is 10.4 Å². The summed E-state index contributed by atoms with van der Waals surface area (Å²) in [7, 11) is 5.21. The molecule has 1 aromatic rings. The Balaban J connectivity index is 2.56. The third kappa shape index (κ3) is 1.95. The highest BCUT2D eigenvalue weighted by atomic mass is 16.7. The van der Waals surface area contributed by atoms with Crippen LogP contribution in [0.5, 0.6) is 0 Å². The number of aromatic nitrogens is 4. The lowest BCUT2D eigenvalue weighted by Gasteiger charge is -2.10. The van der Waals surface area contributed by atoms with E-state index in [9.17, 15) is 0 Å². The summed E-state index contributed by atoms with van der Waals surface area (Å²) in [6.45, 7) is 0.583. The number of hydrogen-bond donors (Lipinski definition) is 0. The van der Waals surface area contributed by atoms with E-state index < -0.39 is 0 Å². The molecular formula is C5H11N5O. The summed E-state index contributed by atoms with van der Waals surface area (Å²) in [6, 6.07) is 0. The van der Waals surface area contributed by atoms with E-state index in [-0.39, 0.29) is 0 Å². The molecule has 0 aliphatic carbocycles. The zero-order chi connectivity index (χ0) is 8.27. The van der Waals surface area contributed by atoms with Gasteiger partial charge in [-0.15, -0.1) is 5.10 Å². The number of aryl methyl sites for hydroxylation is 1. The van der Waals surface area contributed by atoms with Gasteiger partial charge in [0.15, 0.2) is 5.82 Å². The Morgan fingerprint density at radius 2 is 2.36 bits per heavy atom. The van der Waals surface area contributed by atoms with Gasteiger partial charge in [0.1, 0.15) is 0 Å². The van der Waals surface area contributed by atoms with Crippen LogP contribution in [0.1, 0.15) is 5.82 Å². The van der Waals surface area contributed by atoms with Crippen molar-refractivity contribution in [2.45, 2.75) is 6.54 Å². The second-order valence-electron chi connectivity index (χ2n) is 2.19. The molecular weight excluding hydrogens is 146 g/mol. The third-order valence-corrected chi connectivity index (χ3v) is 1.38. The van der Waals surface area contributed by atoms with Gasteiger partial charge in [0.2, 0.25) is 0 Å². The van der Waals surface area contributed by atoms with Gasteiger partial charge in [0.05, 0.1) is 13.7 Å². The van der Waals surface area contributed by atoms with E-state index in [1.165, 1.54) is 0 Å². The molecule has 0 bridgehead atoms. The van der Waals surface area contributed by atoms with Crippen LogP contribution in [-0.2, 0) is 18.4 Å². The highest BCUT2D eigenvalue weighted by Crippen LogP contribution is 1.94. The summed E-state index contributed by atoms with van der Waals surface area (Å²) in [5, 5.41) is 12.6. The standard InChI is InChI=1S/C5H11N5O/c1-9(11-3)4-5-6-7-8-10(5)2/h4H2,1-3H3. The lowest BCUT2D eigenvalue weighted by atomic mass is 10.6. The lowest BCUT2D eigenvalue weighted by Crippen LogP contribution is -2.18. The minimum absolute atomic E-state index is 0.583. The first-order valence-corrected chi connectivity index (χ1v) is 3.20. The minimum atomic E-state index is 0.583. The molecule has 0 aromatic carbocycles. The molecule has 0 aliphatic rings. The van der Waals surface area contributed by atoms with Gasteiger partial charge in [0.25, 0.3) is 0 Å². The van der Waals surface area contributed by atoms with Crippen LogP contribution in [0.4, 0.5) is 0 Å². The van der Waals surface area contributed by atoms with E-state index in [1.807, 2.05) is 7.05 Å². The average Bonchev–Trinajstić information content (AvgIpc) is 2.37. The topological polar surface area (TPSA) is 56.1 Å². The Morgan fingerprint density at radius 3 is 2.82 bits per heavy atom. The molecule has 0 atom stereocenters. The molecule has 1 aromatic heterocycles. The van der Waals surface area contributed by atoms with Crippen molar-refractivity contribution < 1.29 is 4.84 Å². The average molecular weight is 157 g/mol. The summed E-state index contributed by atoms with van der Waals surface area (Å²) in [5.41, 5.74) is 0. The first-order valence-electron chi connectivity index (χ1n) is 3.20. The Bertz CT molecular complexity index is 222. The molecule has 6 heteroatoms. The number of hydroxylamine groups is 2. The van der Waals surface area contributed by atoms with Gasteiger partial charge in [-0.3, -0.25) is 0 Å². The first-order chi connectivity index (χ1) is 5.24. The van der Waals surface area contributed by atoms with Gasteiger partial charge >= 0.3 is 0 Å². The number of tetrazole rings is 1. The van der Waals surface area contributed by atoms with Crippen LogP contribution in [0, 0.1) is 0 Å².